The van der Waals surface area contributed by atoms with Gasteiger partial charge < -0.3 is 9.84 Å². The van der Waals surface area contributed by atoms with Crippen molar-refractivity contribution in [1.29, 1.82) is 0 Å². The van der Waals surface area contributed by atoms with Crippen LogP contribution in [0.2, 0.25) is 0 Å². The third-order valence-corrected chi connectivity index (χ3v) is 2.07. The van der Waals surface area contributed by atoms with Gasteiger partial charge in [0.05, 0.1) is 0 Å². The van der Waals surface area contributed by atoms with Crippen molar-refractivity contribution >= 4 is 0 Å². The summed E-state index contributed by atoms with van der Waals surface area (Å²) < 4.78 is 41.4. The normalized spacial score (nSPS) is 33.0. The van der Waals surface area contributed by atoms with Gasteiger partial charge in [-0.2, -0.15) is 13.2 Å². The van der Waals surface area contributed by atoms with Crippen molar-refractivity contribution in [3.8, 4) is 0 Å². The van der Waals surface area contributed by atoms with Gasteiger partial charge in [-0.05, 0) is 12.8 Å². The van der Waals surface area contributed by atoms with Crippen LogP contribution < -0.4 is 0 Å². The van der Waals surface area contributed by atoms with Gasteiger partial charge in [-0.3, -0.25) is 0 Å². The van der Waals surface area contributed by atoms with Crippen molar-refractivity contribution < 1.29 is 23.0 Å². The van der Waals surface area contributed by atoms with Gasteiger partial charge in [-0.1, -0.05) is 0 Å². The Morgan fingerprint density at radius 3 is 2.42 bits per heavy atom. The molecule has 0 aromatic carbocycles. The zero-order valence-corrected chi connectivity index (χ0v) is 6.52. The zero-order chi connectivity index (χ0) is 9.24. The van der Waals surface area contributed by atoms with Gasteiger partial charge in [0.15, 0.2) is 5.60 Å². The van der Waals surface area contributed by atoms with Crippen LogP contribution in [0.3, 0.4) is 0 Å². The van der Waals surface area contributed by atoms with Crippen molar-refractivity contribution in [3.05, 3.63) is 0 Å². The van der Waals surface area contributed by atoms with Crippen LogP contribution in [0.4, 0.5) is 13.2 Å². The summed E-state index contributed by atoms with van der Waals surface area (Å²) >= 11 is 0. The van der Waals surface area contributed by atoms with Crippen LogP contribution in [0.1, 0.15) is 19.3 Å². The minimum absolute atomic E-state index is 0.0178. The highest BCUT2D eigenvalue weighted by Gasteiger charge is 2.53. The van der Waals surface area contributed by atoms with E-state index in [4.69, 9.17) is 4.74 Å². The first-order valence-electron chi connectivity index (χ1n) is 3.83. The van der Waals surface area contributed by atoms with Crippen molar-refractivity contribution in [2.45, 2.75) is 31.0 Å². The summed E-state index contributed by atoms with van der Waals surface area (Å²) in [7, 11) is 0. The van der Waals surface area contributed by atoms with Crippen LogP contribution in [-0.4, -0.2) is 30.1 Å². The quantitative estimate of drug-likeness (QED) is 0.617. The first-order chi connectivity index (χ1) is 5.46. The Kier molecular flexibility index (Phi) is 2.63. The molecule has 1 heterocycles. The second-order valence-corrected chi connectivity index (χ2v) is 3.00. The minimum atomic E-state index is -4.53. The van der Waals surface area contributed by atoms with Gasteiger partial charge >= 0.3 is 6.18 Å². The molecule has 2 nitrogen and oxygen atoms in total. The number of hydrogen-bond acceptors (Lipinski definition) is 2. The molecule has 1 unspecified atom stereocenters. The molecule has 0 aromatic rings. The van der Waals surface area contributed by atoms with E-state index in [0.717, 1.165) is 0 Å². The molecule has 0 spiro atoms. The highest BCUT2D eigenvalue weighted by molar-refractivity contribution is 4.87. The molecule has 12 heavy (non-hydrogen) atoms. The summed E-state index contributed by atoms with van der Waals surface area (Å²) in [6.45, 7) is 0.286. The molecule has 72 valence electrons. The lowest BCUT2D eigenvalue weighted by molar-refractivity contribution is -0.264. The highest BCUT2D eigenvalue weighted by atomic mass is 19.4. The Bertz CT molecular complexity index is 147. The Morgan fingerprint density at radius 1 is 1.17 bits per heavy atom. The Hall–Kier alpha value is -0.290. The van der Waals surface area contributed by atoms with Crippen LogP contribution >= 0.6 is 0 Å². The standard InChI is InChI=1S/C7H11F3O2/c8-7(9,10)6(11)2-1-4-12-5-3-6/h11H,1-5H2. The monoisotopic (exact) mass is 184 g/mol. The summed E-state index contributed by atoms with van der Waals surface area (Å²) in [6, 6.07) is 0. The lowest BCUT2D eigenvalue weighted by Crippen LogP contribution is -2.45. The topological polar surface area (TPSA) is 29.5 Å². The van der Waals surface area contributed by atoms with Crippen LogP contribution in [0.5, 0.6) is 0 Å². The minimum Gasteiger partial charge on any atom is -0.381 e. The fourth-order valence-electron chi connectivity index (χ4n) is 1.22. The number of ether oxygens (including phenoxy) is 1. The molecule has 1 N–H and O–H groups in total. The Morgan fingerprint density at radius 2 is 1.83 bits per heavy atom. The average molecular weight is 184 g/mol. The smallest absolute Gasteiger partial charge is 0.381 e. The molecule has 0 amide bonds. The molecule has 1 aliphatic rings. The third kappa shape index (κ3) is 1.90. The van der Waals surface area contributed by atoms with E-state index in [1.54, 1.807) is 0 Å². The second-order valence-electron chi connectivity index (χ2n) is 3.00. The number of halogens is 3. The van der Waals surface area contributed by atoms with Crippen molar-refractivity contribution in [2.75, 3.05) is 13.2 Å². The van der Waals surface area contributed by atoms with Crippen molar-refractivity contribution in [1.82, 2.24) is 0 Å². The molecule has 0 aliphatic carbocycles. The van der Waals surface area contributed by atoms with E-state index >= 15 is 0 Å². The summed E-state index contributed by atoms with van der Waals surface area (Å²) in [6.07, 6.45) is -4.87. The predicted octanol–water partition coefficient (Wildman–Crippen LogP) is 1.48. The van der Waals surface area contributed by atoms with Crippen LogP contribution in [0.15, 0.2) is 0 Å². The average Bonchev–Trinajstić information content (AvgIpc) is 2.12. The molecule has 5 heteroatoms. The van der Waals surface area contributed by atoms with Gasteiger partial charge in [0.1, 0.15) is 0 Å². The van der Waals surface area contributed by atoms with Gasteiger partial charge in [-0.15, -0.1) is 0 Å². The van der Waals surface area contributed by atoms with Crippen LogP contribution in [-0.2, 0) is 4.74 Å². The van der Waals surface area contributed by atoms with E-state index in [1.165, 1.54) is 0 Å². The fourth-order valence-corrected chi connectivity index (χ4v) is 1.22. The molecule has 0 bridgehead atoms. The van der Waals surface area contributed by atoms with E-state index in [1.807, 2.05) is 0 Å². The third-order valence-electron chi connectivity index (χ3n) is 2.07. The molecule has 1 aliphatic heterocycles. The van der Waals surface area contributed by atoms with E-state index in [2.05, 4.69) is 0 Å². The Labute approximate surface area is 68.3 Å². The molecular formula is C7H11F3O2. The number of hydrogen-bond donors (Lipinski definition) is 1. The zero-order valence-electron chi connectivity index (χ0n) is 6.52. The summed E-state index contributed by atoms with van der Waals surface area (Å²) in [4.78, 5) is 0. The van der Waals surface area contributed by atoms with Gasteiger partial charge in [0, 0.05) is 19.6 Å². The highest BCUT2D eigenvalue weighted by Crippen LogP contribution is 2.37. The van der Waals surface area contributed by atoms with Crippen LogP contribution in [0, 0.1) is 0 Å². The SMILES string of the molecule is OC1(C(F)(F)F)CCCOCC1. The van der Waals surface area contributed by atoms with Gasteiger partial charge in [0.25, 0.3) is 0 Å². The maximum absolute atomic E-state index is 12.2. The molecule has 1 fully saturated rings. The summed E-state index contributed by atoms with van der Waals surface area (Å²) in [5.74, 6) is 0. The van der Waals surface area contributed by atoms with Crippen molar-refractivity contribution in [2.24, 2.45) is 0 Å². The van der Waals surface area contributed by atoms with E-state index < -0.39 is 11.8 Å². The number of aliphatic hydroxyl groups is 1. The summed E-state index contributed by atoms with van der Waals surface area (Å²) in [5.41, 5.74) is -2.52. The first-order valence-corrected chi connectivity index (χ1v) is 3.83. The molecule has 0 saturated carbocycles. The van der Waals surface area contributed by atoms with Crippen molar-refractivity contribution in [3.63, 3.8) is 0 Å². The molecular weight excluding hydrogens is 173 g/mol. The molecule has 0 radical (unpaired) electrons. The second kappa shape index (κ2) is 3.22. The molecule has 1 saturated heterocycles. The maximum Gasteiger partial charge on any atom is 0.417 e. The predicted molar refractivity (Wildman–Crippen MR) is 35.7 cm³/mol. The van der Waals surface area contributed by atoms with E-state index in [9.17, 15) is 18.3 Å². The van der Waals surface area contributed by atoms with E-state index in [0.29, 0.717) is 6.61 Å². The fraction of sp³-hybridized carbons (Fsp3) is 1.00. The van der Waals surface area contributed by atoms with Gasteiger partial charge in [-0.25, -0.2) is 0 Å². The molecule has 1 atom stereocenters. The van der Waals surface area contributed by atoms with Crippen LogP contribution in [0.25, 0.3) is 0 Å². The largest absolute Gasteiger partial charge is 0.417 e. The van der Waals surface area contributed by atoms with Gasteiger partial charge in [0.2, 0.25) is 0 Å². The number of alkyl halides is 3. The van der Waals surface area contributed by atoms with E-state index in [-0.39, 0.29) is 25.9 Å². The lowest BCUT2D eigenvalue weighted by Gasteiger charge is -2.28. The lowest BCUT2D eigenvalue weighted by atomic mass is 9.94. The molecule has 0 aromatic heterocycles. The maximum atomic E-state index is 12.2. The summed E-state index contributed by atoms with van der Waals surface area (Å²) in [5, 5.41) is 9.18. The Balaban J connectivity index is 2.67. The first kappa shape index (κ1) is 9.80. The molecule has 1 rings (SSSR count). The number of rotatable bonds is 0.